The maximum Gasteiger partial charge on any atom is 0.134 e. The third-order valence-corrected chi connectivity index (χ3v) is 3.91. The number of rotatable bonds is 5. The largest absolute Gasteiger partial charge is 0.497 e. The topological polar surface area (TPSA) is 21.3 Å². The minimum atomic E-state index is -0.614. The van der Waals surface area contributed by atoms with Crippen LogP contribution in [0.2, 0.25) is 0 Å². The molecule has 1 N–H and O–H groups in total. The van der Waals surface area contributed by atoms with Crippen LogP contribution in [0.25, 0.3) is 0 Å². The molecule has 0 radical (unpaired) electrons. The van der Waals surface area contributed by atoms with E-state index in [4.69, 9.17) is 4.74 Å². The number of nitrogens with one attached hydrogen (secondary N) is 1. The maximum absolute atomic E-state index is 14.3. The molecule has 0 amide bonds. The Balaban J connectivity index is 2.50. The van der Waals surface area contributed by atoms with E-state index in [2.05, 4.69) is 27.9 Å². The van der Waals surface area contributed by atoms with Crippen LogP contribution in [-0.2, 0) is 0 Å². The van der Waals surface area contributed by atoms with Gasteiger partial charge >= 0.3 is 0 Å². The number of halogens is 3. The van der Waals surface area contributed by atoms with Crippen LogP contribution in [0.3, 0.4) is 0 Å². The predicted octanol–water partition coefficient (Wildman–Crippen LogP) is 4.28. The van der Waals surface area contributed by atoms with Gasteiger partial charge in [-0.15, -0.1) is 0 Å². The van der Waals surface area contributed by atoms with Gasteiger partial charge in [-0.1, -0.05) is 19.1 Å². The van der Waals surface area contributed by atoms with Gasteiger partial charge in [0.15, 0.2) is 0 Å². The van der Waals surface area contributed by atoms with E-state index >= 15 is 0 Å². The molecule has 5 heteroatoms. The van der Waals surface area contributed by atoms with Crippen LogP contribution in [-0.4, -0.2) is 13.7 Å². The van der Waals surface area contributed by atoms with Crippen molar-refractivity contribution in [1.82, 2.24) is 5.32 Å². The Hall–Kier alpha value is -1.21. The Morgan fingerprint density at radius 3 is 2.19 bits per heavy atom. The average molecular weight is 403 g/mol. The first-order valence-corrected chi connectivity index (χ1v) is 7.66. The third-order valence-electron chi connectivity index (χ3n) is 3.19. The van der Waals surface area contributed by atoms with Gasteiger partial charge in [-0.2, -0.15) is 0 Å². The first kappa shape index (κ1) is 16.2. The summed E-state index contributed by atoms with van der Waals surface area (Å²) in [6.45, 7) is 2.50. The number of benzene rings is 2. The highest BCUT2D eigenvalue weighted by Crippen LogP contribution is 2.30. The van der Waals surface area contributed by atoms with E-state index in [1.165, 1.54) is 19.2 Å². The monoisotopic (exact) mass is 403 g/mol. The normalized spacial score (nSPS) is 12.2. The molecule has 0 bridgehead atoms. The van der Waals surface area contributed by atoms with Crippen molar-refractivity contribution in [3.05, 3.63) is 62.7 Å². The second-order valence-electron chi connectivity index (χ2n) is 4.55. The second kappa shape index (κ2) is 7.17. The zero-order chi connectivity index (χ0) is 15.4. The molecule has 0 aromatic heterocycles. The number of hydrogen-bond donors (Lipinski definition) is 1. The number of hydrogen-bond acceptors (Lipinski definition) is 2. The Labute approximate surface area is 136 Å². The molecular weight excluding hydrogens is 387 g/mol. The van der Waals surface area contributed by atoms with Crippen molar-refractivity contribution in [2.24, 2.45) is 0 Å². The molecule has 0 saturated carbocycles. The highest BCUT2D eigenvalue weighted by Gasteiger charge is 2.22. The summed E-state index contributed by atoms with van der Waals surface area (Å²) in [4.78, 5) is 0. The van der Waals surface area contributed by atoms with Crippen molar-refractivity contribution < 1.29 is 13.5 Å². The lowest BCUT2D eigenvalue weighted by molar-refractivity contribution is 0.403. The quantitative estimate of drug-likeness (QED) is 0.753. The van der Waals surface area contributed by atoms with Crippen molar-refractivity contribution in [2.75, 3.05) is 13.7 Å². The van der Waals surface area contributed by atoms with Crippen molar-refractivity contribution in [1.29, 1.82) is 0 Å². The summed E-state index contributed by atoms with van der Waals surface area (Å²) in [5.74, 6) is -1.06. The SMILES string of the molecule is CCNC(c1ccc(I)cc1)c1c(F)cc(OC)cc1F. The Kier molecular flexibility index (Phi) is 5.52. The minimum absolute atomic E-state index is 0.0128. The van der Waals surface area contributed by atoms with Gasteiger partial charge in [-0.25, -0.2) is 8.78 Å². The molecule has 1 atom stereocenters. The molecular formula is C16H16F2INO. The molecule has 0 saturated heterocycles. The smallest absolute Gasteiger partial charge is 0.134 e. The van der Waals surface area contributed by atoms with Crippen LogP contribution in [0.15, 0.2) is 36.4 Å². The lowest BCUT2D eigenvalue weighted by Gasteiger charge is -2.20. The summed E-state index contributed by atoms with van der Waals surface area (Å²) >= 11 is 2.19. The van der Waals surface area contributed by atoms with E-state index in [1.807, 2.05) is 31.2 Å². The van der Waals surface area contributed by atoms with Crippen LogP contribution in [0, 0.1) is 15.2 Å². The van der Waals surface area contributed by atoms with E-state index < -0.39 is 17.7 Å². The zero-order valence-electron chi connectivity index (χ0n) is 11.8. The maximum atomic E-state index is 14.3. The Bertz CT molecular complexity index is 593. The third kappa shape index (κ3) is 3.71. The molecule has 2 aromatic rings. The van der Waals surface area contributed by atoms with Crippen LogP contribution in [0.4, 0.5) is 8.78 Å². The van der Waals surface area contributed by atoms with Crippen molar-refractivity contribution in [3.8, 4) is 5.75 Å². The predicted molar refractivity (Wildman–Crippen MR) is 87.6 cm³/mol. The van der Waals surface area contributed by atoms with Crippen LogP contribution < -0.4 is 10.1 Å². The standard InChI is InChI=1S/C16H16F2INO/c1-3-20-16(10-4-6-11(19)7-5-10)15-13(17)8-12(21-2)9-14(15)18/h4-9,16,20H,3H2,1-2H3. The van der Waals surface area contributed by atoms with Crippen LogP contribution in [0.5, 0.6) is 5.75 Å². The average Bonchev–Trinajstić information content (AvgIpc) is 2.46. The molecule has 0 spiro atoms. The molecule has 0 aliphatic carbocycles. The fourth-order valence-electron chi connectivity index (χ4n) is 2.20. The van der Waals surface area contributed by atoms with Gasteiger partial charge in [-0.3, -0.25) is 0 Å². The van der Waals surface area contributed by atoms with E-state index in [9.17, 15) is 8.78 Å². The van der Waals surface area contributed by atoms with Gasteiger partial charge in [0.1, 0.15) is 17.4 Å². The first-order valence-electron chi connectivity index (χ1n) is 6.58. The van der Waals surface area contributed by atoms with Crippen molar-refractivity contribution in [3.63, 3.8) is 0 Å². The summed E-state index contributed by atoms with van der Waals surface area (Å²) in [7, 11) is 1.38. The lowest BCUT2D eigenvalue weighted by Crippen LogP contribution is -2.24. The van der Waals surface area contributed by atoms with Gasteiger partial charge in [0.05, 0.1) is 13.2 Å². The van der Waals surface area contributed by atoms with Gasteiger partial charge in [0.2, 0.25) is 0 Å². The summed E-state index contributed by atoms with van der Waals surface area (Å²) < 4.78 is 34.5. The number of methoxy groups -OCH3 is 1. The van der Waals surface area contributed by atoms with Gasteiger partial charge in [-0.05, 0) is 46.8 Å². The number of ether oxygens (including phenoxy) is 1. The van der Waals surface area contributed by atoms with E-state index in [0.717, 1.165) is 9.13 Å². The molecule has 21 heavy (non-hydrogen) atoms. The fraction of sp³-hybridized carbons (Fsp3) is 0.250. The Morgan fingerprint density at radius 2 is 1.71 bits per heavy atom. The van der Waals surface area contributed by atoms with Crippen LogP contribution in [0.1, 0.15) is 24.1 Å². The second-order valence-corrected chi connectivity index (χ2v) is 5.79. The zero-order valence-corrected chi connectivity index (χ0v) is 13.9. The summed E-state index contributed by atoms with van der Waals surface area (Å²) in [6, 6.07) is 9.46. The Morgan fingerprint density at radius 1 is 1.14 bits per heavy atom. The van der Waals surface area contributed by atoms with E-state index in [1.54, 1.807) is 0 Å². The van der Waals surface area contributed by atoms with Crippen molar-refractivity contribution in [2.45, 2.75) is 13.0 Å². The highest BCUT2D eigenvalue weighted by atomic mass is 127. The summed E-state index contributed by atoms with van der Waals surface area (Å²) in [5, 5.41) is 3.13. The molecule has 0 aliphatic rings. The van der Waals surface area contributed by atoms with E-state index in [-0.39, 0.29) is 11.3 Å². The first-order chi connectivity index (χ1) is 10.1. The molecule has 2 rings (SSSR count). The molecule has 0 fully saturated rings. The molecule has 0 heterocycles. The van der Waals surface area contributed by atoms with Crippen molar-refractivity contribution >= 4 is 22.6 Å². The molecule has 0 aliphatic heterocycles. The molecule has 2 aromatic carbocycles. The molecule has 2 nitrogen and oxygen atoms in total. The lowest BCUT2D eigenvalue weighted by atomic mass is 9.97. The fourth-order valence-corrected chi connectivity index (χ4v) is 2.56. The summed E-state index contributed by atoms with van der Waals surface area (Å²) in [5.41, 5.74) is 0.832. The summed E-state index contributed by atoms with van der Waals surface area (Å²) in [6.07, 6.45) is 0. The highest BCUT2D eigenvalue weighted by molar-refractivity contribution is 14.1. The molecule has 112 valence electrons. The van der Waals surface area contributed by atoms with E-state index in [0.29, 0.717) is 6.54 Å². The molecule has 1 unspecified atom stereocenters. The minimum Gasteiger partial charge on any atom is -0.497 e. The van der Waals surface area contributed by atoms with Crippen LogP contribution >= 0.6 is 22.6 Å². The van der Waals surface area contributed by atoms with Gasteiger partial charge < -0.3 is 10.1 Å². The van der Waals surface area contributed by atoms with Gasteiger partial charge in [0, 0.05) is 21.3 Å². The van der Waals surface area contributed by atoms with Gasteiger partial charge in [0.25, 0.3) is 0 Å².